The molecule has 1 fully saturated rings. The van der Waals surface area contributed by atoms with Gasteiger partial charge in [-0.05, 0) is 73.2 Å². The van der Waals surface area contributed by atoms with E-state index in [1.54, 1.807) is 11.9 Å². The molecule has 0 radical (unpaired) electrons. The van der Waals surface area contributed by atoms with Crippen LogP contribution in [-0.2, 0) is 16.7 Å². The number of rotatable bonds is 5. The lowest BCUT2D eigenvalue weighted by molar-refractivity contribution is 0.0611. The fourth-order valence-corrected chi connectivity index (χ4v) is 4.79. The summed E-state index contributed by atoms with van der Waals surface area (Å²) in [4.78, 5) is 6.25. The number of nitrogens with two attached hydrogens (primary N) is 1. The van der Waals surface area contributed by atoms with Gasteiger partial charge in [0.25, 0.3) is 0 Å². The number of benzene rings is 2. The van der Waals surface area contributed by atoms with Crippen molar-refractivity contribution in [3.8, 4) is 0 Å². The molecule has 0 aliphatic carbocycles. The molecule has 2 aromatic carbocycles. The van der Waals surface area contributed by atoms with E-state index in [9.17, 15) is 0 Å². The van der Waals surface area contributed by atoms with Gasteiger partial charge in [-0.25, -0.2) is 4.98 Å². The molecular formula is C24H32N4OS. The smallest absolute Gasteiger partial charge is 0.115 e. The number of ether oxygens (including phenoxy) is 1. The maximum atomic E-state index is 5.81. The van der Waals surface area contributed by atoms with Gasteiger partial charge in [0.05, 0.1) is 11.0 Å². The van der Waals surface area contributed by atoms with E-state index in [0.717, 1.165) is 60.2 Å². The number of anilines is 2. The van der Waals surface area contributed by atoms with Crippen molar-refractivity contribution < 1.29 is 4.74 Å². The lowest BCUT2D eigenvalue weighted by Crippen LogP contribution is -2.25. The lowest BCUT2D eigenvalue weighted by atomic mass is 9.94. The first-order chi connectivity index (χ1) is 14.3. The van der Waals surface area contributed by atoms with Gasteiger partial charge < -0.3 is 19.3 Å². The molecular weight excluding hydrogens is 392 g/mol. The van der Waals surface area contributed by atoms with E-state index in [-0.39, 0.29) is 5.41 Å². The first-order valence-corrected chi connectivity index (χ1v) is 11.4. The van der Waals surface area contributed by atoms with Crippen LogP contribution in [0.4, 0.5) is 11.4 Å². The highest BCUT2D eigenvalue weighted by atomic mass is 32.2. The zero-order valence-corrected chi connectivity index (χ0v) is 19.2. The third kappa shape index (κ3) is 4.60. The molecule has 0 bridgehead atoms. The second kappa shape index (κ2) is 8.52. The lowest BCUT2D eigenvalue weighted by Gasteiger charge is -2.26. The largest absolute Gasteiger partial charge is 0.399 e. The first kappa shape index (κ1) is 21.1. The summed E-state index contributed by atoms with van der Waals surface area (Å²) in [6.45, 7) is 9.51. The Kier molecular flexibility index (Phi) is 5.98. The first-order valence-electron chi connectivity index (χ1n) is 10.7. The van der Waals surface area contributed by atoms with E-state index in [1.807, 2.05) is 12.1 Å². The van der Waals surface area contributed by atoms with Crippen LogP contribution in [0.15, 0.2) is 47.4 Å². The molecule has 0 saturated carbocycles. The monoisotopic (exact) mass is 424 g/mol. The van der Waals surface area contributed by atoms with Crippen LogP contribution in [-0.4, -0.2) is 29.8 Å². The zero-order chi connectivity index (χ0) is 21.3. The Morgan fingerprint density at radius 1 is 1.13 bits per heavy atom. The van der Waals surface area contributed by atoms with Crippen molar-refractivity contribution in [2.24, 2.45) is 5.92 Å². The Labute approximate surface area is 183 Å². The maximum absolute atomic E-state index is 5.81. The van der Waals surface area contributed by atoms with Crippen LogP contribution in [0.25, 0.3) is 11.0 Å². The number of imidazole rings is 1. The molecule has 3 aromatic rings. The number of fused-ring (bicyclic) bond motifs is 1. The van der Waals surface area contributed by atoms with Crippen molar-refractivity contribution in [3.05, 3.63) is 48.3 Å². The van der Waals surface area contributed by atoms with Gasteiger partial charge in [0.15, 0.2) is 0 Å². The van der Waals surface area contributed by atoms with Gasteiger partial charge in [0.2, 0.25) is 0 Å². The van der Waals surface area contributed by atoms with E-state index < -0.39 is 0 Å². The Balaban J connectivity index is 1.64. The van der Waals surface area contributed by atoms with Gasteiger partial charge >= 0.3 is 0 Å². The molecule has 4 rings (SSSR count). The quantitative estimate of drug-likeness (QED) is 0.434. The third-order valence-corrected chi connectivity index (χ3v) is 6.64. The second-order valence-electron chi connectivity index (χ2n) is 9.18. The van der Waals surface area contributed by atoms with Gasteiger partial charge in [-0.3, -0.25) is 0 Å². The van der Waals surface area contributed by atoms with Crippen molar-refractivity contribution in [3.63, 3.8) is 0 Å². The van der Waals surface area contributed by atoms with Crippen LogP contribution in [0.1, 0.15) is 39.4 Å². The minimum Gasteiger partial charge on any atom is -0.399 e. The molecule has 1 aliphatic heterocycles. The summed E-state index contributed by atoms with van der Waals surface area (Å²) in [7, 11) is 2.09. The molecule has 1 aromatic heterocycles. The second-order valence-corrected chi connectivity index (χ2v) is 10.4. The Morgan fingerprint density at radius 3 is 2.50 bits per heavy atom. The normalized spacial score (nSPS) is 15.6. The molecule has 160 valence electrons. The van der Waals surface area contributed by atoms with Crippen LogP contribution in [0.2, 0.25) is 0 Å². The highest BCUT2D eigenvalue weighted by Crippen LogP contribution is 2.33. The van der Waals surface area contributed by atoms with Gasteiger partial charge in [-0.15, -0.1) is 0 Å². The standard InChI is InChI=1S/C24H32N4OS/c1-24(2,3)23-26-21-15-19(27(4)30-20-8-5-18(25)6-9-20)7-10-22(21)28(23)16-17-11-13-29-14-12-17/h5-10,15,17H,11-14,16,25H2,1-4H3. The van der Waals surface area contributed by atoms with Crippen molar-refractivity contribution >= 4 is 34.4 Å². The fraction of sp³-hybridized carbons (Fsp3) is 0.458. The summed E-state index contributed by atoms with van der Waals surface area (Å²) in [5.41, 5.74) is 10.0. The summed E-state index contributed by atoms with van der Waals surface area (Å²) in [5.74, 6) is 1.82. The highest BCUT2D eigenvalue weighted by molar-refractivity contribution is 8.00. The van der Waals surface area contributed by atoms with Gasteiger partial charge in [-0.2, -0.15) is 0 Å². The van der Waals surface area contributed by atoms with Crippen LogP contribution < -0.4 is 10.0 Å². The molecule has 2 heterocycles. The summed E-state index contributed by atoms with van der Waals surface area (Å²) in [6.07, 6.45) is 2.25. The summed E-state index contributed by atoms with van der Waals surface area (Å²) in [5, 5.41) is 0. The molecule has 1 aliphatic rings. The summed E-state index contributed by atoms with van der Waals surface area (Å²) >= 11 is 1.69. The number of hydrogen-bond acceptors (Lipinski definition) is 5. The van der Waals surface area contributed by atoms with E-state index in [4.69, 9.17) is 15.5 Å². The number of nitrogens with zero attached hydrogens (tertiary/aromatic N) is 3. The maximum Gasteiger partial charge on any atom is 0.115 e. The van der Waals surface area contributed by atoms with Crippen molar-refractivity contribution in [2.45, 2.75) is 50.5 Å². The predicted octanol–water partition coefficient (Wildman–Crippen LogP) is 5.49. The van der Waals surface area contributed by atoms with Crippen LogP contribution in [0.3, 0.4) is 0 Å². The van der Waals surface area contributed by atoms with E-state index in [0.29, 0.717) is 5.92 Å². The Morgan fingerprint density at radius 2 is 1.83 bits per heavy atom. The van der Waals surface area contributed by atoms with Gasteiger partial charge in [-0.1, -0.05) is 20.8 Å². The summed E-state index contributed by atoms with van der Waals surface area (Å²) in [6, 6.07) is 14.6. The minimum atomic E-state index is -0.00499. The molecule has 0 atom stereocenters. The number of nitrogen functional groups attached to an aromatic ring is 1. The minimum absolute atomic E-state index is 0.00499. The number of hydrogen-bond donors (Lipinski definition) is 1. The van der Waals surface area contributed by atoms with E-state index in [2.05, 4.69) is 67.0 Å². The summed E-state index contributed by atoms with van der Waals surface area (Å²) < 4.78 is 10.2. The molecule has 5 nitrogen and oxygen atoms in total. The van der Waals surface area contributed by atoms with Crippen molar-refractivity contribution in [1.29, 1.82) is 0 Å². The number of aromatic nitrogens is 2. The molecule has 0 spiro atoms. The molecule has 0 unspecified atom stereocenters. The topological polar surface area (TPSA) is 56.3 Å². The average molecular weight is 425 g/mol. The fourth-order valence-electron chi connectivity index (χ4n) is 4.00. The van der Waals surface area contributed by atoms with E-state index >= 15 is 0 Å². The van der Waals surface area contributed by atoms with Crippen molar-refractivity contribution in [1.82, 2.24) is 9.55 Å². The van der Waals surface area contributed by atoms with E-state index in [1.165, 1.54) is 5.52 Å². The predicted molar refractivity (Wildman–Crippen MR) is 127 cm³/mol. The molecule has 30 heavy (non-hydrogen) atoms. The van der Waals surface area contributed by atoms with Crippen molar-refractivity contribution in [2.75, 3.05) is 30.3 Å². The molecule has 0 amide bonds. The van der Waals surface area contributed by atoms with Gasteiger partial charge in [0, 0.05) is 48.5 Å². The Hall–Kier alpha value is -2.18. The average Bonchev–Trinajstić information content (AvgIpc) is 3.08. The van der Waals surface area contributed by atoms with Gasteiger partial charge in [0.1, 0.15) is 5.82 Å². The molecule has 1 saturated heterocycles. The third-order valence-electron chi connectivity index (χ3n) is 5.67. The van der Waals surface area contributed by atoms with Crippen LogP contribution in [0.5, 0.6) is 0 Å². The van der Waals surface area contributed by atoms with Crippen LogP contribution >= 0.6 is 11.9 Å². The zero-order valence-electron chi connectivity index (χ0n) is 18.4. The SMILES string of the molecule is CN(Sc1ccc(N)cc1)c1ccc2c(c1)nc(C(C)(C)C)n2CC1CCOCC1. The molecule has 2 N–H and O–H groups in total. The highest BCUT2D eigenvalue weighted by Gasteiger charge is 2.25. The Bertz CT molecular complexity index is 1000. The van der Waals surface area contributed by atoms with Crippen LogP contribution in [0, 0.1) is 5.92 Å². The molecule has 6 heteroatoms.